The number of nitrogens with one attached hydrogen (secondary N) is 3. The van der Waals surface area contributed by atoms with Crippen LogP contribution in [-0.4, -0.2) is 32.6 Å². The quantitative estimate of drug-likeness (QED) is 0.385. The molecule has 0 atom stereocenters. The highest BCUT2D eigenvalue weighted by atomic mass is 32.2. The number of sulfone groups is 1. The Balaban J connectivity index is 1.12. The zero-order chi connectivity index (χ0) is 27.6. The maximum atomic E-state index is 13.2. The number of amides is 1. The summed E-state index contributed by atoms with van der Waals surface area (Å²) in [6.07, 6.45) is 11.3. The average molecular weight is 564 g/mol. The number of carbonyl (C=O) groups excluding carboxylic acids is 1. The normalized spacial score (nSPS) is 18.7. The molecule has 3 heterocycles. The third-order valence-electron chi connectivity index (χ3n) is 8.60. The van der Waals surface area contributed by atoms with E-state index in [1.807, 2.05) is 6.07 Å². The van der Waals surface area contributed by atoms with Gasteiger partial charge in [-0.2, -0.15) is 0 Å². The molecule has 0 radical (unpaired) electrons. The van der Waals surface area contributed by atoms with Gasteiger partial charge in [-0.25, -0.2) is 8.42 Å². The fraction of sp³-hybridized carbons (Fsp3) is 0.452. The summed E-state index contributed by atoms with van der Waals surface area (Å²) in [7, 11) is -3.71. The summed E-state index contributed by atoms with van der Waals surface area (Å²) in [4.78, 5) is 17.0. The predicted molar refractivity (Wildman–Crippen MR) is 151 cm³/mol. The average Bonchev–Trinajstić information content (AvgIpc) is 3.63. The number of benzene rings is 2. The van der Waals surface area contributed by atoms with Crippen LogP contribution < -0.4 is 20.1 Å². The molecule has 1 aromatic heterocycles. The van der Waals surface area contributed by atoms with Crippen molar-refractivity contribution in [2.75, 3.05) is 13.3 Å². The molecule has 9 heteroatoms. The third-order valence-corrected chi connectivity index (χ3v) is 10.4. The summed E-state index contributed by atoms with van der Waals surface area (Å²) in [6, 6.07) is 13.2. The Labute approximate surface area is 235 Å². The van der Waals surface area contributed by atoms with E-state index in [1.54, 1.807) is 30.3 Å². The molecule has 1 amide bonds. The van der Waals surface area contributed by atoms with Crippen LogP contribution in [0.15, 0.2) is 58.3 Å². The number of aromatic nitrogens is 1. The van der Waals surface area contributed by atoms with Crippen LogP contribution in [0.4, 0.5) is 0 Å². The van der Waals surface area contributed by atoms with Gasteiger partial charge in [0.05, 0.1) is 9.79 Å². The Morgan fingerprint density at radius 2 is 1.52 bits per heavy atom. The van der Waals surface area contributed by atoms with Gasteiger partial charge in [-0.1, -0.05) is 57.1 Å². The topological polar surface area (TPSA) is 110 Å². The van der Waals surface area contributed by atoms with E-state index in [2.05, 4.69) is 15.6 Å². The lowest BCUT2D eigenvalue weighted by Gasteiger charge is -2.38. The van der Waals surface area contributed by atoms with Gasteiger partial charge in [0.25, 0.3) is 5.91 Å². The largest absolute Gasteiger partial charge is 0.454 e. The molecule has 1 saturated carbocycles. The molecule has 0 bridgehead atoms. The van der Waals surface area contributed by atoms with E-state index >= 15 is 0 Å². The minimum Gasteiger partial charge on any atom is -0.454 e. The Morgan fingerprint density at radius 1 is 0.850 bits per heavy atom. The zero-order valence-electron chi connectivity index (χ0n) is 22.8. The highest BCUT2D eigenvalue weighted by Crippen LogP contribution is 2.40. The third kappa shape index (κ3) is 5.37. The van der Waals surface area contributed by atoms with Crippen LogP contribution in [0.25, 0.3) is 0 Å². The molecule has 3 N–H and O–H groups in total. The highest BCUT2D eigenvalue weighted by molar-refractivity contribution is 7.91. The second kappa shape index (κ2) is 11.3. The number of hydrogen-bond donors (Lipinski definition) is 3. The molecule has 2 aromatic carbocycles. The molecule has 8 nitrogen and oxygen atoms in total. The minimum atomic E-state index is -3.71. The van der Waals surface area contributed by atoms with Crippen molar-refractivity contribution < 1.29 is 22.7 Å². The lowest BCUT2D eigenvalue weighted by molar-refractivity contribution is 0.0946. The molecule has 2 aliphatic heterocycles. The Morgan fingerprint density at radius 3 is 2.27 bits per heavy atom. The second-order valence-corrected chi connectivity index (χ2v) is 13.2. The number of rotatable bonds is 5. The van der Waals surface area contributed by atoms with E-state index in [-0.39, 0.29) is 27.9 Å². The van der Waals surface area contributed by atoms with Gasteiger partial charge in [-0.15, -0.1) is 0 Å². The zero-order valence-corrected chi connectivity index (χ0v) is 23.6. The van der Waals surface area contributed by atoms with Gasteiger partial charge in [-0.05, 0) is 54.3 Å². The molecule has 212 valence electrons. The molecule has 0 saturated heterocycles. The number of carbonyl (C=O) groups is 1. The van der Waals surface area contributed by atoms with Crippen LogP contribution in [0.1, 0.15) is 85.1 Å². The van der Waals surface area contributed by atoms with E-state index in [1.165, 1.54) is 68.3 Å². The summed E-state index contributed by atoms with van der Waals surface area (Å²) in [5, 5.41) is 6.63. The van der Waals surface area contributed by atoms with Gasteiger partial charge in [-0.3, -0.25) is 4.79 Å². The van der Waals surface area contributed by atoms with E-state index < -0.39 is 9.84 Å². The van der Waals surface area contributed by atoms with E-state index in [4.69, 9.17) is 9.47 Å². The van der Waals surface area contributed by atoms with Crippen molar-refractivity contribution in [1.29, 1.82) is 0 Å². The van der Waals surface area contributed by atoms with E-state index in [0.29, 0.717) is 23.7 Å². The molecule has 40 heavy (non-hydrogen) atoms. The number of hydrogen-bond acceptors (Lipinski definition) is 6. The van der Waals surface area contributed by atoms with Crippen molar-refractivity contribution >= 4 is 15.7 Å². The monoisotopic (exact) mass is 563 g/mol. The maximum Gasteiger partial charge on any atom is 0.267 e. The Hall–Kier alpha value is -3.30. The SMILES string of the molecule is O=C(NCc1ccc(S(=O)(=O)c2ccc3c(c2)OCO3)cc1)c1cc2c([nH]1)C1(CCCCCCCCC1)CNC2. The molecule has 0 unspecified atom stereocenters. The molecule has 1 spiro atoms. The van der Waals surface area contributed by atoms with Crippen LogP contribution in [0, 0.1) is 0 Å². The molecule has 1 fully saturated rings. The van der Waals surface area contributed by atoms with Crippen LogP contribution in [-0.2, 0) is 28.3 Å². The minimum absolute atomic E-state index is 0.0722. The fourth-order valence-electron chi connectivity index (χ4n) is 6.36. The second-order valence-electron chi connectivity index (χ2n) is 11.3. The Bertz CT molecular complexity index is 1470. The summed E-state index contributed by atoms with van der Waals surface area (Å²) in [6.45, 7) is 2.13. The van der Waals surface area contributed by atoms with Gasteiger partial charge < -0.3 is 25.1 Å². The Kier molecular flexibility index (Phi) is 7.59. The molecule has 3 aliphatic rings. The van der Waals surface area contributed by atoms with Crippen molar-refractivity contribution in [2.45, 2.75) is 86.1 Å². The summed E-state index contributed by atoms with van der Waals surface area (Å²) >= 11 is 0. The standard InChI is InChI=1S/C31H37N3O5S/c35-30(26-16-23-19-32-20-31(29(23)34-26)14-6-4-2-1-3-5-7-15-31)33-18-22-8-10-24(11-9-22)40(36,37)25-12-13-27-28(17-25)39-21-38-27/h8-13,16-17,32,34H,1-7,14-15,18-21H2,(H,33,35). The van der Waals surface area contributed by atoms with Crippen molar-refractivity contribution in [3.63, 3.8) is 0 Å². The molecular formula is C31H37N3O5S. The summed E-state index contributed by atoms with van der Waals surface area (Å²) in [5.74, 6) is 0.810. The number of fused-ring (bicyclic) bond motifs is 3. The molecule has 1 aliphatic carbocycles. The van der Waals surface area contributed by atoms with Crippen molar-refractivity contribution in [2.24, 2.45) is 0 Å². The number of H-pyrrole nitrogens is 1. The first-order chi connectivity index (χ1) is 19.4. The maximum absolute atomic E-state index is 13.2. The molecule has 3 aromatic rings. The van der Waals surface area contributed by atoms with E-state index in [9.17, 15) is 13.2 Å². The van der Waals surface area contributed by atoms with Gasteiger partial charge in [0.1, 0.15) is 5.69 Å². The number of ether oxygens (including phenoxy) is 2. The van der Waals surface area contributed by atoms with Crippen molar-refractivity contribution in [1.82, 2.24) is 15.6 Å². The summed E-state index contributed by atoms with van der Waals surface area (Å²) < 4.78 is 36.8. The molecular weight excluding hydrogens is 526 g/mol. The van der Waals surface area contributed by atoms with Crippen LogP contribution in [0.5, 0.6) is 11.5 Å². The summed E-state index contributed by atoms with van der Waals surface area (Å²) in [5.41, 5.74) is 3.93. The lowest BCUT2D eigenvalue weighted by Crippen LogP contribution is -2.43. The van der Waals surface area contributed by atoms with Gasteiger partial charge in [0.15, 0.2) is 11.5 Å². The van der Waals surface area contributed by atoms with Crippen LogP contribution in [0.2, 0.25) is 0 Å². The molecule has 6 rings (SSSR count). The van der Waals surface area contributed by atoms with Gasteiger partial charge in [0, 0.05) is 36.8 Å². The fourth-order valence-corrected chi connectivity index (χ4v) is 7.64. The van der Waals surface area contributed by atoms with E-state index in [0.717, 1.165) is 31.5 Å². The van der Waals surface area contributed by atoms with Gasteiger partial charge >= 0.3 is 0 Å². The van der Waals surface area contributed by atoms with Crippen molar-refractivity contribution in [3.8, 4) is 11.5 Å². The highest BCUT2D eigenvalue weighted by Gasteiger charge is 2.38. The van der Waals surface area contributed by atoms with Crippen LogP contribution in [0.3, 0.4) is 0 Å². The van der Waals surface area contributed by atoms with Gasteiger partial charge in [0.2, 0.25) is 16.6 Å². The lowest BCUT2D eigenvalue weighted by atomic mass is 9.72. The first kappa shape index (κ1) is 26.9. The first-order valence-electron chi connectivity index (χ1n) is 14.4. The predicted octanol–water partition coefficient (Wildman–Crippen LogP) is 5.37. The number of aromatic amines is 1. The first-order valence-corrected chi connectivity index (χ1v) is 15.9. The van der Waals surface area contributed by atoms with Crippen molar-refractivity contribution in [3.05, 3.63) is 71.0 Å². The smallest absolute Gasteiger partial charge is 0.267 e. The van der Waals surface area contributed by atoms with Crippen LogP contribution >= 0.6 is 0 Å².